The van der Waals surface area contributed by atoms with Crippen molar-refractivity contribution < 1.29 is 14.3 Å². The first-order chi connectivity index (χ1) is 9.77. The molecule has 1 saturated heterocycles. The molecular formula is C15H23ClN2O3. The third-order valence-corrected chi connectivity index (χ3v) is 3.29. The van der Waals surface area contributed by atoms with Crippen molar-refractivity contribution in [3.8, 4) is 5.75 Å². The molecule has 1 fully saturated rings. The van der Waals surface area contributed by atoms with E-state index >= 15 is 0 Å². The maximum Gasteiger partial charge on any atom is 0.248 e. The minimum atomic E-state index is 0. The van der Waals surface area contributed by atoms with Gasteiger partial charge in [-0.25, -0.2) is 0 Å². The Bertz CT molecular complexity index is 417. The van der Waals surface area contributed by atoms with E-state index in [-0.39, 0.29) is 31.0 Å². The fourth-order valence-electron chi connectivity index (χ4n) is 2.19. The van der Waals surface area contributed by atoms with Crippen LogP contribution in [-0.4, -0.2) is 56.3 Å². The number of nitrogens with zero attached hydrogens (tertiary/aromatic N) is 1. The highest BCUT2D eigenvalue weighted by Gasteiger charge is 2.22. The van der Waals surface area contributed by atoms with Crippen molar-refractivity contribution in [1.82, 2.24) is 10.2 Å². The summed E-state index contributed by atoms with van der Waals surface area (Å²) in [4.78, 5) is 13.8. The van der Waals surface area contributed by atoms with Crippen molar-refractivity contribution in [2.45, 2.75) is 13.0 Å². The van der Waals surface area contributed by atoms with Gasteiger partial charge in [-0.3, -0.25) is 4.79 Å². The number of carbonyl (C=O) groups excluding carboxylic acids is 1. The van der Waals surface area contributed by atoms with Gasteiger partial charge in [0, 0.05) is 25.7 Å². The number of benzene rings is 1. The summed E-state index contributed by atoms with van der Waals surface area (Å²) < 4.78 is 10.9. The van der Waals surface area contributed by atoms with Gasteiger partial charge in [-0.2, -0.15) is 0 Å². The number of piperazine rings is 1. The molecule has 1 aliphatic rings. The lowest BCUT2D eigenvalue weighted by Crippen LogP contribution is -2.53. The minimum absolute atomic E-state index is 0. The molecular weight excluding hydrogens is 292 g/mol. The van der Waals surface area contributed by atoms with Gasteiger partial charge >= 0.3 is 0 Å². The third-order valence-electron chi connectivity index (χ3n) is 3.29. The molecule has 0 saturated carbocycles. The average molecular weight is 315 g/mol. The van der Waals surface area contributed by atoms with Crippen LogP contribution in [0.2, 0.25) is 0 Å². The molecule has 0 unspecified atom stereocenters. The second-order valence-electron chi connectivity index (χ2n) is 4.85. The van der Waals surface area contributed by atoms with Crippen LogP contribution in [0.15, 0.2) is 30.3 Å². The first kappa shape index (κ1) is 17.8. The van der Waals surface area contributed by atoms with Gasteiger partial charge in [-0.1, -0.05) is 18.2 Å². The molecule has 118 valence electrons. The smallest absolute Gasteiger partial charge is 0.248 e. The van der Waals surface area contributed by atoms with Gasteiger partial charge in [0.1, 0.15) is 19.0 Å². The van der Waals surface area contributed by atoms with Crippen molar-refractivity contribution in [2.75, 3.05) is 39.5 Å². The summed E-state index contributed by atoms with van der Waals surface area (Å²) in [6, 6.07) is 9.81. The number of rotatable bonds is 6. The molecule has 1 heterocycles. The molecule has 6 heteroatoms. The van der Waals surface area contributed by atoms with Crippen LogP contribution >= 0.6 is 12.4 Å². The average Bonchev–Trinajstić information content (AvgIpc) is 2.48. The van der Waals surface area contributed by atoms with Gasteiger partial charge in [-0.05, 0) is 19.1 Å². The van der Waals surface area contributed by atoms with Crippen LogP contribution in [0.5, 0.6) is 5.75 Å². The first-order valence-electron chi connectivity index (χ1n) is 7.03. The van der Waals surface area contributed by atoms with E-state index < -0.39 is 0 Å². The Kier molecular flexibility index (Phi) is 8.12. The fourth-order valence-corrected chi connectivity index (χ4v) is 2.19. The number of carbonyl (C=O) groups is 1. The molecule has 0 bridgehead atoms. The molecule has 0 radical (unpaired) electrons. The largest absolute Gasteiger partial charge is 0.491 e. The molecule has 1 aromatic rings. The van der Waals surface area contributed by atoms with E-state index in [0.29, 0.717) is 13.2 Å². The second kappa shape index (κ2) is 9.60. The highest BCUT2D eigenvalue weighted by atomic mass is 35.5. The van der Waals surface area contributed by atoms with Crippen LogP contribution in [0.1, 0.15) is 6.92 Å². The molecule has 0 aliphatic carbocycles. The SMILES string of the molecule is C[C@H]1CNCCN1C(=O)COCCOc1ccccc1.Cl. The number of hydrogen-bond donors (Lipinski definition) is 1. The number of halogens is 1. The number of hydrogen-bond acceptors (Lipinski definition) is 4. The molecule has 1 atom stereocenters. The Balaban J connectivity index is 0.00000220. The molecule has 1 N–H and O–H groups in total. The molecule has 1 amide bonds. The van der Waals surface area contributed by atoms with Crippen molar-refractivity contribution in [3.05, 3.63) is 30.3 Å². The van der Waals surface area contributed by atoms with Crippen molar-refractivity contribution in [2.24, 2.45) is 0 Å². The Morgan fingerprint density at radius 2 is 2.10 bits per heavy atom. The summed E-state index contributed by atoms with van der Waals surface area (Å²) in [5, 5.41) is 3.26. The normalized spacial score (nSPS) is 18.0. The maximum atomic E-state index is 12.0. The summed E-state index contributed by atoms with van der Waals surface area (Å²) in [7, 11) is 0. The summed E-state index contributed by atoms with van der Waals surface area (Å²) >= 11 is 0. The maximum absolute atomic E-state index is 12.0. The number of nitrogens with one attached hydrogen (secondary N) is 1. The Hall–Kier alpha value is -1.30. The topological polar surface area (TPSA) is 50.8 Å². The fraction of sp³-hybridized carbons (Fsp3) is 0.533. The Labute approximate surface area is 132 Å². The van der Waals surface area contributed by atoms with E-state index in [1.165, 1.54) is 0 Å². The summed E-state index contributed by atoms with van der Waals surface area (Å²) in [6.07, 6.45) is 0. The zero-order valence-electron chi connectivity index (χ0n) is 12.3. The number of ether oxygens (including phenoxy) is 2. The quantitative estimate of drug-likeness (QED) is 0.805. The van der Waals surface area contributed by atoms with Gasteiger partial charge in [0.2, 0.25) is 5.91 Å². The van der Waals surface area contributed by atoms with E-state index in [9.17, 15) is 4.79 Å². The first-order valence-corrected chi connectivity index (χ1v) is 7.03. The van der Waals surface area contributed by atoms with Crippen LogP contribution in [0, 0.1) is 0 Å². The van der Waals surface area contributed by atoms with Crippen molar-refractivity contribution in [1.29, 1.82) is 0 Å². The molecule has 2 rings (SSSR count). The van der Waals surface area contributed by atoms with Gasteiger partial charge in [0.15, 0.2) is 0 Å². The molecule has 1 aromatic carbocycles. The highest BCUT2D eigenvalue weighted by molar-refractivity contribution is 5.85. The number of para-hydroxylation sites is 1. The lowest BCUT2D eigenvalue weighted by Gasteiger charge is -2.33. The van der Waals surface area contributed by atoms with Gasteiger partial charge in [0.25, 0.3) is 0 Å². The molecule has 0 spiro atoms. The second-order valence-corrected chi connectivity index (χ2v) is 4.85. The lowest BCUT2D eigenvalue weighted by atomic mass is 10.2. The summed E-state index contributed by atoms with van der Waals surface area (Å²) in [6.45, 7) is 5.50. The summed E-state index contributed by atoms with van der Waals surface area (Å²) in [5.74, 6) is 0.872. The Morgan fingerprint density at radius 3 is 2.81 bits per heavy atom. The molecule has 21 heavy (non-hydrogen) atoms. The van der Waals surface area contributed by atoms with Crippen LogP contribution < -0.4 is 10.1 Å². The van der Waals surface area contributed by atoms with E-state index in [1.807, 2.05) is 42.2 Å². The predicted molar refractivity (Wildman–Crippen MR) is 84.0 cm³/mol. The zero-order chi connectivity index (χ0) is 14.2. The predicted octanol–water partition coefficient (Wildman–Crippen LogP) is 1.32. The van der Waals surface area contributed by atoms with Crippen LogP contribution in [-0.2, 0) is 9.53 Å². The minimum Gasteiger partial charge on any atom is -0.491 e. The summed E-state index contributed by atoms with van der Waals surface area (Å²) in [5.41, 5.74) is 0. The molecule has 0 aromatic heterocycles. The van der Waals surface area contributed by atoms with E-state index in [0.717, 1.165) is 25.4 Å². The van der Waals surface area contributed by atoms with Crippen LogP contribution in [0.4, 0.5) is 0 Å². The number of amides is 1. The van der Waals surface area contributed by atoms with Crippen LogP contribution in [0.3, 0.4) is 0 Å². The van der Waals surface area contributed by atoms with Crippen molar-refractivity contribution in [3.63, 3.8) is 0 Å². The molecule has 1 aliphatic heterocycles. The van der Waals surface area contributed by atoms with E-state index in [4.69, 9.17) is 9.47 Å². The Morgan fingerprint density at radius 1 is 1.33 bits per heavy atom. The van der Waals surface area contributed by atoms with Crippen LogP contribution in [0.25, 0.3) is 0 Å². The van der Waals surface area contributed by atoms with Gasteiger partial charge < -0.3 is 19.7 Å². The standard InChI is InChI=1S/C15H22N2O3.ClH/c1-13-11-16-7-8-17(13)15(18)12-19-9-10-20-14-5-3-2-4-6-14;/h2-6,13,16H,7-12H2,1H3;1H/t13-;/m0./s1. The monoisotopic (exact) mass is 314 g/mol. The highest BCUT2D eigenvalue weighted by Crippen LogP contribution is 2.07. The van der Waals surface area contributed by atoms with E-state index in [1.54, 1.807) is 0 Å². The van der Waals surface area contributed by atoms with E-state index in [2.05, 4.69) is 5.32 Å². The van der Waals surface area contributed by atoms with Gasteiger partial charge in [-0.15, -0.1) is 12.4 Å². The zero-order valence-corrected chi connectivity index (χ0v) is 13.1. The van der Waals surface area contributed by atoms with Gasteiger partial charge in [0.05, 0.1) is 6.61 Å². The van der Waals surface area contributed by atoms with Crippen molar-refractivity contribution >= 4 is 18.3 Å². The molecule has 5 nitrogen and oxygen atoms in total. The lowest BCUT2D eigenvalue weighted by molar-refractivity contribution is -0.139. The third kappa shape index (κ3) is 5.91.